The van der Waals surface area contributed by atoms with Gasteiger partial charge in [-0.2, -0.15) is 5.26 Å². The summed E-state index contributed by atoms with van der Waals surface area (Å²) in [6.45, 7) is 9.79. The summed E-state index contributed by atoms with van der Waals surface area (Å²) in [4.78, 5) is 24.8. The van der Waals surface area contributed by atoms with Gasteiger partial charge in [-0.3, -0.25) is 9.59 Å². The molecule has 0 aromatic carbocycles. The number of nitriles is 1. The van der Waals surface area contributed by atoms with Gasteiger partial charge >= 0.3 is 11.9 Å². The molecule has 0 N–H and O–H groups in total. The van der Waals surface area contributed by atoms with E-state index in [0.29, 0.717) is 31.6 Å². The van der Waals surface area contributed by atoms with Gasteiger partial charge in [-0.1, -0.05) is 27.2 Å². The van der Waals surface area contributed by atoms with Crippen LogP contribution in [0.2, 0.25) is 0 Å². The molecule has 0 aromatic rings. The average Bonchev–Trinajstić information content (AvgIpc) is 2.47. The van der Waals surface area contributed by atoms with Crippen molar-refractivity contribution in [3.05, 3.63) is 0 Å². The van der Waals surface area contributed by atoms with Crippen molar-refractivity contribution >= 4 is 11.9 Å². The first-order valence-electron chi connectivity index (χ1n) is 8.14. The maximum atomic E-state index is 12.5. The normalized spacial score (nSPS) is 14.8. The van der Waals surface area contributed by atoms with Crippen LogP contribution in [0, 0.1) is 28.6 Å². The van der Waals surface area contributed by atoms with E-state index < -0.39 is 23.3 Å². The molecule has 0 radical (unpaired) electrons. The van der Waals surface area contributed by atoms with E-state index in [0.717, 1.165) is 0 Å². The van der Waals surface area contributed by atoms with Gasteiger partial charge in [-0.05, 0) is 39.0 Å². The van der Waals surface area contributed by atoms with E-state index in [2.05, 4.69) is 6.07 Å². The van der Waals surface area contributed by atoms with Gasteiger partial charge in [0.2, 0.25) is 0 Å². The quantitative estimate of drug-likeness (QED) is 0.577. The molecule has 0 amide bonds. The van der Waals surface area contributed by atoms with Crippen LogP contribution in [-0.4, -0.2) is 25.2 Å². The molecule has 5 heteroatoms. The highest BCUT2D eigenvalue weighted by Gasteiger charge is 2.51. The van der Waals surface area contributed by atoms with Crippen LogP contribution in [0.3, 0.4) is 0 Å². The first-order valence-corrected chi connectivity index (χ1v) is 8.14. The zero-order valence-corrected chi connectivity index (χ0v) is 14.5. The van der Waals surface area contributed by atoms with Crippen LogP contribution in [0.5, 0.6) is 0 Å². The lowest BCUT2D eigenvalue weighted by atomic mass is 9.70. The summed E-state index contributed by atoms with van der Waals surface area (Å²) in [5, 5.41) is 9.74. The van der Waals surface area contributed by atoms with Crippen LogP contribution in [-0.2, 0) is 19.1 Å². The van der Waals surface area contributed by atoms with E-state index in [4.69, 9.17) is 9.47 Å². The summed E-state index contributed by atoms with van der Waals surface area (Å²) in [5.74, 6) is -1.54. The number of nitrogens with zero attached hydrogens (tertiary/aromatic N) is 1. The molecule has 0 aliphatic carbocycles. The molecule has 0 rings (SSSR count). The van der Waals surface area contributed by atoms with E-state index in [-0.39, 0.29) is 13.2 Å². The number of rotatable bonds is 10. The topological polar surface area (TPSA) is 76.4 Å². The second-order valence-corrected chi connectivity index (χ2v) is 5.83. The van der Waals surface area contributed by atoms with Gasteiger partial charge in [-0.25, -0.2) is 0 Å². The molecule has 0 fully saturated rings. The predicted octanol–water partition coefficient (Wildman–Crippen LogP) is 3.48. The maximum absolute atomic E-state index is 12.5. The third-order valence-electron chi connectivity index (χ3n) is 3.70. The second-order valence-electron chi connectivity index (χ2n) is 5.83. The van der Waals surface area contributed by atoms with Crippen molar-refractivity contribution in [2.75, 3.05) is 13.2 Å². The Labute approximate surface area is 134 Å². The molecule has 0 aliphatic rings. The molecule has 0 aromatic heterocycles. The highest BCUT2D eigenvalue weighted by molar-refractivity contribution is 5.88. The molecule has 2 unspecified atom stereocenters. The molecule has 126 valence electrons. The van der Waals surface area contributed by atoms with Crippen molar-refractivity contribution in [3.8, 4) is 6.07 Å². The number of carbonyl (C=O) groups is 2. The third kappa shape index (κ3) is 5.32. The zero-order chi connectivity index (χ0) is 17.2. The Morgan fingerprint density at radius 1 is 1.09 bits per heavy atom. The number of carbonyl (C=O) groups excluding carboxylic acids is 2. The summed E-state index contributed by atoms with van der Waals surface area (Å²) >= 11 is 0. The largest absolute Gasteiger partial charge is 0.466 e. The van der Waals surface area contributed by atoms with Crippen LogP contribution < -0.4 is 0 Å². The van der Waals surface area contributed by atoms with Crippen LogP contribution in [0.1, 0.15) is 60.3 Å². The van der Waals surface area contributed by atoms with Crippen molar-refractivity contribution in [3.63, 3.8) is 0 Å². The highest BCUT2D eigenvalue weighted by Crippen LogP contribution is 2.39. The second kappa shape index (κ2) is 10.2. The van der Waals surface area contributed by atoms with Gasteiger partial charge in [0.15, 0.2) is 5.41 Å². The molecule has 22 heavy (non-hydrogen) atoms. The van der Waals surface area contributed by atoms with Crippen LogP contribution in [0.25, 0.3) is 0 Å². The SMILES string of the molecule is CCCC(C(=O)OCC)C(C#N)(CCC(C)C)C(=O)OCC. The minimum absolute atomic E-state index is 0.186. The Balaban J connectivity index is 5.67. The fraction of sp³-hybridized carbons (Fsp3) is 0.824. The highest BCUT2D eigenvalue weighted by atomic mass is 16.5. The summed E-state index contributed by atoms with van der Waals surface area (Å²) in [6.07, 6.45) is 2.10. The fourth-order valence-electron chi connectivity index (χ4n) is 2.47. The fourth-order valence-corrected chi connectivity index (χ4v) is 2.47. The standard InChI is InChI=1S/C17H29NO4/c1-6-9-14(15(19)21-7-2)17(12-18,11-10-13(4)5)16(20)22-8-3/h13-14H,6-11H2,1-5H3. The van der Waals surface area contributed by atoms with Crippen LogP contribution in [0.4, 0.5) is 0 Å². The van der Waals surface area contributed by atoms with Gasteiger partial charge in [-0.15, -0.1) is 0 Å². The summed E-state index contributed by atoms with van der Waals surface area (Å²) < 4.78 is 10.2. The first kappa shape index (κ1) is 20.4. The lowest BCUT2D eigenvalue weighted by molar-refractivity contribution is -0.166. The van der Waals surface area contributed by atoms with Crippen molar-refractivity contribution in [1.29, 1.82) is 5.26 Å². The molecule has 2 atom stereocenters. The number of hydrogen-bond donors (Lipinski definition) is 0. The Morgan fingerprint density at radius 3 is 2.09 bits per heavy atom. The van der Waals surface area contributed by atoms with Crippen molar-refractivity contribution in [2.24, 2.45) is 17.3 Å². The molecule has 0 aliphatic heterocycles. The third-order valence-corrected chi connectivity index (χ3v) is 3.70. The first-order chi connectivity index (χ1) is 10.4. The van der Waals surface area contributed by atoms with E-state index in [1.807, 2.05) is 20.8 Å². The Morgan fingerprint density at radius 2 is 1.68 bits per heavy atom. The van der Waals surface area contributed by atoms with Gasteiger partial charge < -0.3 is 9.47 Å². The van der Waals surface area contributed by atoms with Gasteiger partial charge in [0.1, 0.15) is 0 Å². The summed E-state index contributed by atoms with van der Waals surface area (Å²) in [5.41, 5.74) is -1.46. The molecule has 0 saturated heterocycles. The molecular weight excluding hydrogens is 282 g/mol. The van der Waals surface area contributed by atoms with Crippen molar-refractivity contribution in [1.82, 2.24) is 0 Å². The Bertz CT molecular complexity index is 400. The summed E-state index contributed by atoms with van der Waals surface area (Å²) in [6, 6.07) is 2.10. The minimum atomic E-state index is -1.46. The van der Waals surface area contributed by atoms with E-state index in [1.165, 1.54) is 0 Å². The number of esters is 2. The predicted molar refractivity (Wildman–Crippen MR) is 83.8 cm³/mol. The van der Waals surface area contributed by atoms with Crippen LogP contribution >= 0.6 is 0 Å². The lowest BCUT2D eigenvalue weighted by Gasteiger charge is -2.31. The smallest absolute Gasteiger partial charge is 0.327 e. The lowest BCUT2D eigenvalue weighted by Crippen LogP contribution is -2.44. The van der Waals surface area contributed by atoms with E-state index in [9.17, 15) is 14.9 Å². The van der Waals surface area contributed by atoms with Gasteiger partial charge in [0.25, 0.3) is 0 Å². The molecule has 0 spiro atoms. The molecule has 0 saturated carbocycles. The van der Waals surface area contributed by atoms with E-state index in [1.54, 1.807) is 13.8 Å². The molecule has 0 bridgehead atoms. The van der Waals surface area contributed by atoms with Crippen molar-refractivity contribution < 1.29 is 19.1 Å². The monoisotopic (exact) mass is 311 g/mol. The molecular formula is C17H29NO4. The maximum Gasteiger partial charge on any atom is 0.327 e. The van der Waals surface area contributed by atoms with Gasteiger partial charge in [0, 0.05) is 0 Å². The Hall–Kier alpha value is -1.57. The Kier molecular flexibility index (Phi) is 9.48. The number of ether oxygens (including phenoxy) is 2. The van der Waals surface area contributed by atoms with E-state index >= 15 is 0 Å². The summed E-state index contributed by atoms with van der Waals surface area (Å²) in [7, 11) is 0. The van der Waals surface area contributed by atoms with Crippen LogP contribution in [0.15, 0.2) is 0 Å². The molecule has 0 heterocycles. The molecule has 5 nitrogen and oxygen atoms in total. The number of hydrogen-bond acceptors (Lipinski definition) is 5. The zero-order valence-electron chi connectivity index (χ0n) is 14.5. The minimum Gasteiger partial charge on any atom is -0.466 e. The van der Waals surface area contributed by atoms with Crippen molar-refractivity contribution in [2.45, 2.75) is 60.3 Å². The average molecular weight is 311 g/mol. The van der Waals surface area contributed by atoms with Gasteiger partial charge in [0.05, 0.1) is 25.2 Å².